The maximum absolute atomic E-state index is 12.3. The Kier molecular flexibility index (Phi) is 3.98. The maximum atomic E-state index is 12.3. The van der Waals surface area contributed by atoms with E-state index in [0.717, 1.165) is 6.07 Å². The number of amides is 1. The van der Waals surface area contributed by atoms with E-state index in [1.54, 1.807) is 0 Å². The lowest BCUT2D eigenvalue weighted by atomic mass is 10.1. The van der Waals surface area contributed by atoms with Crippen molar-refractivity contribution in [1.29, 1.82) is 0 Å². The van der Waals surface area contributed by atoms with Gasteiger partial charge in [-0.2, -0.15) is 13.2 Å². The third-order valence-corrected chi connectivity index (χ3v) is 2.55. The standard InChI is InChI=1S/C10H10ClF3N2O/c1-5(9(17)15-2)8-7(11)3-6(4-16-8)10(12,13)14/h3-5H,1-2H3,(H,15,17)/t5-/m0/s1. The number of aromatic nitrogens is 1. The van der Waals surface area contributed by atoms with Crippen molar-refractivity contribution in [2.24, 2.45) is 0 Å². The molecule has 0 aliphatic carbocycles. The molecule has 1 atom stereocenters. The van der Waals surface area contributed by atoms with Gasteiger partial charge in [0.1, 0.15) is 0 Å². The highest BCUT2D eigenvalue weighted by Gasteiger charge is 2.32. The lowest BCUT2D eigenvalue weighted by Crippen LogP contribution is -2.24. The number of rotatable bonds is 2. The van der Waals surface area contributed by atoms with Crippen molar-refractivity contribution in [3.05, 3.63) is 28.5 Å². The maximum Gasteiger partial charge on any atom is 0.417 e. The highest BCUT2D eigenvalue weighted by Crippen LogP contribution is 2.32. The van der Waals surface area contributed by atoms with Gasteiger partial charge in [-0.3, -0.25) is 9.78 Å². The minimum absolute atomic E-state index is 0.124. The lowest BCUT2D eigenvalue weighted by molar-refractivity contribution is -0.137. The molecule has 0 fully saturated rings. The largest absolute Gasteiger partial charge is 0.417 e. The Labute approximate surface area is 101 Å². The van der Waals surface area contributed by atoms with Crippen molar-refractivity contribution in [3.63, 3.8) is 0 Å². The minimum Gasteiger partial charge on any atom is -0.359 e. The van der Waals surface area contributed by atoms with E-state index in [2.05, 4.69) is 10.3 Å². The zero-order valence-electron chi connectivity index (χ0n) is 9.10. The Morgan fingerprint density at radius 1 is 1.53 bits per heavy atom. The molecular weight excluding hydrogens is 257 g/mol. The summed E-state index contributed by atoms with van der Waals surface area (Å²) in [4.78, 5) is 14.9. The third-order valence-electron chi connectivity index (χ3n) is 2.25. The Bertz CT molecular complexity index is 434. The van der Waals surface area contributed by atoms with Gasteiger partial charge in [-0.1, -0.05) is 11.6 Å². The second kappa shape index (κ2) is 4.91. The first-order valence-electron chi connectivity index (χ1n) is 4.71. The van der Waals surface area contributed by atoms with Crippen molar-refractivity contribution >= 4 is 17.5 Å². The summed E-state index contributed by atoms with van der Waals surface area (Å²) in [5, 5.41) is 2.21. The third kappa shape index (κ3) is 3.09. The fourth-order valence-electron chi connectivity index (χ4n) is 1.26. The van der Waals surface area contributed by atoms with E-state index in [4.69, 9.17) is 11.6 Å². The van der Waals surface area contributed by atoms with Crippen LogP contribution in [-0.2, 0) is 11.0 Å². The second-order valence-electron chi connectivity index (χ2n) is 3.42. The number of alkyl halides is 3. The Morgan fingerprint density at radius 2 is 2.12 bits per heavy atom. The number of nitrogens with one attached hydrogen (secondary N) is 1. The summed E-state index contributed by atoms with van der Waals surface area (Å²) in [6, 6.07) is 0.767. The number of pyridine rings is 1. The summed E-state index contributed by atoms with van der Waals surface area (Å²) in [5.41, 5.74) is -0.811. The van der Waals surface area contributed by atoms with Crippen molar-refractivity contribution in [2.45, 2.75) is 19.0 Å². The molecular formula is C10H10ClF3N2O. The molecule has 1 aromatic rings. The van der Waals surface area contributed by atoms with Gasteiger partial charge in [0, 0.05) is 13.2 Å². The van der Waals surface area contributed by atoms with E-state index in [1.165, 1.54) is 14.0 Å². The van der Waals surface area contributed by atoms with Gasteiger partial charge in [0.05, 0.1) is 22.2 Å². The smallest absolute Gasteiger partial charge is 0.359 e. The number of halogens is 4. The van der Waals surface area contributed by atoms with Crippen LogP contribution in [0.2, 0.25) is 5.02 Å². The van der Waals surface area contributed by atoms with E-state index in [0.29, 0.717) is 6.20 Å². The van der Waals surface area contributed by atoms with Crippen molar-refractivity contribution in [1.82, 2.24) is 10.3 Å². The van der Waals surface area contributed by atoms with Crippen LogP contribution in [-0.4, -0.2) is 17.9 Å². The molecule has 1 heterocycles. The molecule has 94 valence electrons. The topological polar surface area (TPSA) is 42.0 Å². The van der Waals surface area contributed by atoms with Crippen LogP contribution in [0.4, 0.5) is 13.2 Å². The molecule has 3 nitrogen and oxygen atoms in total. The Hall–Kier alpha value is -1.30. The molecule has 0 saturated carbocycles. The van der Waals surface area contributed by atoms with E-state index in [-0.39, 0.29) is 16.6 Å². The zero-order valence-corrected chi connectivity index (χ0v) is 9.86. The highest BCUT2D eigenvalue weighted by molar-refractivity contribution is 6.31. The van der Waals surface area contributed by atoms with Gasteiger partial charge < -0.3 is 5.32 Å². The van der Waals surface area contributed by atoms with Crippen LogP contribution >= 0.6 is 11.6 Å². The van der Waals surface area contributed by atoms with Crippen LogP contribution < -0.4 is 5.32 Å². The van der Waals surface area contributed by atoms with Crippen LogP contribution in [0, 0.1) is 0 Å². The van der Waals surface area contributed by atoms with E-state index >= 15 is 0 Å². The molecule has 1 amide bonds. The molecule has 1 aromatic heterocycles. The molecule has 0 spiro atoms. The van der Waals surface area contributed by atoms with Crippen LogP contribution in [0.3, 0.4) is 0 Å². The number of carbonyl (C=O) groups is 1. The highest BCUT2D eigenvalue weighted by atomic mass is 35.5. The van der Waals surface area contributed by atoms with Crippen LogP contribution in [0.25, 0.3) is 0 Å². The van der Waals surface area contributed by atoms with Gasteiger partial charge in [-0.15, -0.1) is 0 Å². The molecule has 0 saturated heterocycles. The minimum atomic E-state index is -4.49. The van der Waals surface area contributed by atoms with Gasteiger partial charge >= 0.3 is 6.18 Å². The van der Waals surface area contributed by atoms with Gasteiger partial charge in [0.2, 0.25) is 5.91 Å². The van der Waals surface area contributed by atoms with Gasteiger partial charge in [-0.05, 0) is 13.0 Å². The zero-order chi connectivity index (χ0) is 13.2. The number of hydrogen-bond donors (Lipinski definition) is 1. The monoisotopic (exact) mass is 266 g/mol. The van der Waals surface area contributed by atoms with Gasteiger partial charge in [0.15, 0.2) is 0 Å². The van der Waals surface area contributed by atoms with E-state index in [1.807, 2.05) is 0 Å². The molecule has 0 radical (unpaired) electrons. The summed E-state index contributed by atoms with van der Waals surface area (Å²) in [5.74, 6) is -1.06. The molecule has 0 bridgehead atoms. The van der Waals surface area contributed by atoms with Crippen LogP contribution in [0.15, 0.2) is 12.3 Å². The normalized spacial score (nSPS) is 13.3. The summed E-state index contributed by atoms with van der Waals surface area (Å²) >= 11 is 5.69. The predicted octanol–water partition coefficient (Wildman–Crippen LogP) is 2.60. The van der Waals surface area contributed by atoms with Crippen LogP contribution in [0.1, 0.15) is 24.1 Å². The van der Waals surface area contributed by atoms with Gasteiger partial charge in [0.25, 0.3) is 0 Å². The number of hydrogen-bond acceptors (Lipinski definition) is 2. The van der Waals surface area contributed by atoms with E-state index in [9.17, 15) is 18.0 Å². The first kappa shape index (κ1) is 13.8. The predicted molar refractivity (Wildman–Crippen MR) is 56.7 cm³/mol. The molecule has 7 heteroatoms. The first-order chi connectivity index (χ1) is 7.77. The quantitative estimate of drug-likeness (QED) is 0.894. The molecule has 0 unspecified atom stereocenters. The number of carbonyl (C=O) groups excluding carboxylic acids is 1. The van der Waals surface area contributed by atoms with Crippen LogP contribution in [0.5, 0.6) is 0 Å². The summed E-state index contributed by atoms with van der Waals surface area (Å²) < 4.78 is 37.0. The van der Waals surface area contributed by atoms with Crippen molar-refractivity contribution < 1.29 is 18.0 Å². The van der Waals surface area contributed by atoms with E-state index < -0.39 is 17.7 Å². The molecule has 1 N–H and O–H groups in total. The SMILES string of the molecule is CNC(=O)[C@@H](C)c1ncc(C(F)(F)F)cc1Cl. The molecule has 0 aliphatic rings. The average molecular weight is 267 g/mol. The molecule has 1 rings (SSSR count). The van der Waals surface area contributed by atoms with Crippen molar-refractivity contribution in [2.75, 3.05) is 7.05 Å². The number of nitrogens with zero attached hydrogens (tertiary/aromatic N) is 1. The lowest BCUT2D eigenvalue weighted by Gasteiger charge is -2.13. The summed E-state index contributed by atoms with van der Waals surface area (Å²) in [6.45, 7) is 1.51. The second-order valence-corrected chi connectivity index (χ2v) is 3.83. The fourth-order valence-corrected chi connectivity index (χ4v) is 1.59. The average Bonchev–Trinajstić information content (AvgIpc) is 2.25. The molecule has 0 aromatic carbocycles. The van der Waals surface area contributed by atoms with Gasteiger partial charge in [-0.25, -0.2) is 0 Å². The molecule has 0 aliphatic heterocycles. The first-order valence-corrected chi connectivity index (χ1v) is 5.09. The Morgan fingerprint density at radius 3 is 2.53 bits per heavy atom. The number of likely N-dealkylation sites (N-methyl/N-ethyl adjacent to an activating group) is 1. The van der Waals surface area contributed by atoms with Crippen molar-refractivity contribution in [3.8, 4) is 0 Å². The molecule has 17 heavy (non-hydrogen) atoms. The Balaban J connectivity index is 3.10. The fraction of sp³-hybridized carbons (Fsp3) is 0.400. The summed E-state index contributed by atoms with van der Waals surface area (Å²) in [7, 11) is 1.43. The summed E-state index contributed by atoms with van der Waals surface area (Å²) in [6.07, 6.45) is -3.83.